The molecule has 2 aromatic rings. The molecule has 114 valence electrons. The molecule has 0 spiro atoms. The predicted octanol–water partition coefficient (Wildman–Crippen LogP) is 3.81. The first-order valence-corrected chi connectivity index (χ1v) is 7.13. The highest BCUT2D eigenvalue weighted by atomic mass is 35.5. The maximum absolute atomic E-state index is 6.36. The highest BCUT2D eigenvalue weighted by molar-refractivity contribution is 6.35. The zero-order valence-corrected chi connectivity index (χ0v) is 13.1. The van der Waals surface area contributed by atoms with Gasteiger partial charge in [0.25, 0.3) is 0 Å². The van der Waals surface area contributed by atoms with E-state index in [9.17, 15) is 0 Å². The first-order valence-electron chi connectivity index (χ1n) is 6.75. The molecule has 1 atom stereocenters. The molecule has 2 N–H and O–H groups in total. The molecule has 21 heavy (non-hydrogen) atoms. The second kappa shape index (κ2) is 6.83. The van der Waals surface area contributed by atoms with Gasteiger partial charge in [0.1, 0.15) is 5.69 Å². The second-order valence-electron chi connectivity index (χ2n) is 4.67. The quantitative estimate of drug-likeness (QED) is 0.878. The molecule has 1 aromatic heterocycles. The fourth-order valence-corrected chi connectivity index (χ4v) is 2.46. The molecule has 0 aliphatic heterocycles. The average molecular weight is 311 g/mol. The van der Waals surface area contributed by atoms with Crippen molar-refractivity contribution in [3.05, 3.63) is 29.0 Å². The number of hydrogen-bond donors (Lipinski definition) is 1. The molecule has 6 heteroatoms. The van der Waals surface area contributed by atoms with E-state index in [-0.39, 0.29) is 6.04 Å². The fraction of sp³-hybridized carbons (Fsp3) is 0.400. The van der Waals surface area contributed by atoms with Gasteiger partial charge in [-0.15, -0.1) is 0 Å². The highest BCUT2D eigenvalue weighted by Crippen LogP contribution is 2.41. The van der Waals surface area contributed by atoms with Crippen molar-refractivity contribution < 1.29 is 14.0 Å². The Morgan fingerprint density at radius 3 is 2.71 bits per heavy atom. The van der Waals surface area contributed by atoms with Crippen LogP contribution in [0.4, 0.5) is 0 Å². The number of ether oxygens (including phenoxy) is 2. The van der Waals surface area contributed by atoms with Gasteiger partial charge in [-0.25, -0.2) is 0 Å². The summed E-state index contributed by atoms with van der Waals surface area (Å²) < 4.78 is 15.8. The largest absolute Gasteiger partial charge is 0.493 e. The fourth-order valence-electron chi connectivity index (χ4n) is 2.13. The molecule has 0 aliphatic carbocycles. The first kappa shape index (κ1) is 15.7. The Balaban J connectivity index is 2.39. The average Bonchev–Trinajstić information content (AvgIpc) is 2.96. The number of rotatable bonds is 6. The highest BCUT2D eigenvalue weighted by Gasteiger charge is 2.18. The minimum absolute atomic E-state index is 0.157. The lowest BCUT2D eigenvalue weighted by molar-refractivity contribution is 0.354. The Bertz CT molecular complexity index is 613. The van der Waals surface area contributed by atoms with E-state index in [4.69, 9.17) is 31.3 Å². The third kappa shape index (κ3) is 3.14. The monoisotopic (exact) mass is 310 g/mol. The molecule has 0 radical (unpaired) electrons. The van der Waals surface area contributed by atoms with Crippen LogP contribution in [0.1, 0.15) is 31.6 Å². The molecule has 1 unspecified atom stereocenters. The zero-order chi connectivity index (χ0) is 15.4. The number of nitrogens with zero attached hydrogens (tertiary/aromatic N) is 1. The zero-order valence-electron chi connectivity index (χ0n) is 12.4. The van der Waals surface area contributed by atoms with Crippen LogP contribution in [0.2, 0.25) is 5.02 Å². The van der Waals surface area contributed by atoms with Crippen molar-refractivity contribution in [1.82, 2.24) is 5.16 Å². The molecule has 5 nitrogen and oxygen atoms in total. The summed E-state index contributed by atoms with van der Waals surface area (Å²) in [7, 11) is 3.10. The van der Waals surface area contributed by atoms with Crippen LogP contribution in [0.15, 0.2) is 22.7 Å². The van der Waals surface area contributed by atoms with Gasteiger partial charge in [-0.05, 0) is 18.6 Å². The maximum atomic E-state index is 6.36. The molecule has 0 bridgehead atoms. The second-order valence-corrected chi connectivity index (χ2v) is 5.05. The van der Waals surface area contributed by atoms with Crippen LogP contribution in [-0.4, -0.2) is 19.4 Å². The van der Waals surface area contributed by atoms with Crippen LogP contribution in [0.25, 0.3) is 11.3 Å². The van der Waals surface area contributed by atoms with Gasteiger partial charge < -0.3 is 19.7 Å². The van der Waals surface area contributed by atoms with Crippen LogP contribution in [-0.2, 0) is 0 Å². The van der Waals surface area contributed by atoms with Crippen LogP contribution >= 0.6 is 11.6 Å². The van der Waals surface area contributed by atoms with Gasteiger partial charge in [0, 0.05) is 11.6 Å². The van der Waals surface area contributed by atoms with Crippen molar-refractivity contribution in [2.75, 3.05) is 14.2 Å². The molecule has 2 rings (SSSR count). The summed E-state index contributed by atoms with van der Waals surface area (Å²) in [6, 6.07) is 5.25. The predicted molar refractivity (Wildman–Crippen MR) is 81.9 cm³/mol. The Morgan fingerprint density at radius 1 is 1.33 bits per heavy atom. The number of halogens is 1. The summed E-state index contributed by atoms with van der Waals surface area (Å²) in [4.78, 5) is 0. The van der Waals surface area contributed by atoms with E-state index in [1.165, 1.54) is 0 Å². The molecule has 0 saturated carbocycles. The van der Waals surface area contributed by atoms with Gasteiger partial charge in [-0.1, -0.05) is 30.1 Å². The van der Waals surface area contributed by atoms with E-state index < -0.39 is 0 Å². The smallest absolute Gasteiger partial charge is 0.180 e. The molecular formula is C15H19ClN2O3. The van der Waals surface area contributed by atoms with Crippen LogP contribution in [0.3, 0.4) is 0 Å². The maximum Gasteiger partial charge on any atom is 0.180 e. The SMILES string of the molecule is CCCC(N)c1cc(-c2ccc(OC)c(OC)c2Cl)no1. The van der Waals surface area contributed by atoms with Crippen LogP contribution in [0, 0.1) is 0 Å². The van der Waals surface area contributed by atoms with Gasteiger partial charge >= 0.3 is 0 Å². The third-order valence-corrected chi connectivity index (χ3v) is 3.63. The van der Waals surface area contributed by atoms with Crippen molar-refractivity contribution in [2.45, 2.75) is 25.8 Å². The Labute approximate surface area is 129 Å². The lowest BCUT2D eigenvalue weighted by Crippen LogP contribution is -2.08. The molecule has 1 aromatic carbocycles. The van der Waals surface area contributed by atoms with Crippen molar-refractivity contribution in [1.29, 1.82) is 0 Å². The van der Waals surface area contributed by atoms with Crippen molar-refractivity contribution >= 4 is 11.6 Å². The normalized spacial score (nSPS) is 12.2. The Kier molecular flexibility index (Phi) is 5.09. The standard InChI is InChI=1S/C15H19ClN2O3/c1-4-5-10(17)13-8-11(18-21-13)9-6-7-12(19-2)15(20-3)14(9)16/h6-8,10H,4-5,17H2,1-3H3. The molecule has 1 heterocycles. The van der Waals surface area contributed by atoms with Gasteiger partial charge in [-0.3, -0.25) is 0 Å². The summed E-state index contributed by atoms with van der Waals surface area (Å²) in [6.45, 7) is 2.07. The van der Waals surface area contributed by atoms with Gasteiger partial charge in [-0.2, -0.15) is 0 Å². The van der Waals surface area contributed by atoms with Crippen molar-refractivity contribution in [3.8, 4) is 22.8 Å². The minimum Gasteiger partial charge on any atom is -0.493 e. The summed E-state index contributed by atoms with van der Waals surface area (Å²) in [5, 5.41) is 4.48. The number of nitrogens with two attached hydrogens (primary N) is 1. The number of benzene rings is 1. The van der Waals surface area contributed by atoms with E-state index in [0.29, 0.717) is 33.5 Å². The number of hydrogen-bond acceptors (Lipinski definition) is 5. The van der Waals surface area contributed by atoms with E-state index in [0.717, 1.165) is 12.8 Å². The van der Waals surface area contributed by atoms with Crippen molar-refractivity contribution in [3.63, 3.8) is 0 Å². The van der Waals surface area contributed by atoms with Gasteiger partial charge in [0.2, 0.25) is 0 Å². The Hall–Kier alpha value is -1.72. The molecule has 0 saturated heterocycles. The summed E-state index contributed by atoms with van der Waals surface area (Å²) >= 11 is 6.36. The molecule has 0 aliphatic rings. The number of aromatic nitrogens is 1. The van der Waals surface area contributed by atoms with Gasteiger partial charge in [0.15, 0.2) is 17.3 Å². The lowest BCUT2D eigenvalue weighted by atomic mass is 10.1. The third-order valence-electron chi connectivity index (χ3n) is 3.25. The molecular weight excluding hydrogens is 292 g/mol. The van der Waals surface area contributed by atoms with E-state index in [1.54, 1.807) is 20.3 Å². The van der Waals surface area contributed by atoms with E-state index >= 15 is 0 Å². The molecule has 0 fully saturated rings. The van der Waals surface area contributed by atoms with Crippen LogP contribution < -0.4 is 15.2 Å². The van der Waals surface area contributed by atoms with E-state index in [2.05, 4.69) is 12.1 Å². The summed E-state index contributed by atoms with van der Waals surface area (Å²) in [5.41, 5.74) is 7.37. The van der Waals surface area contributed by atoms with Crippen LogP contribution in [0.5, 0.6) is 11.5 Å². The van der Waals surface area contributed by atoms with Gasteiger partial charge in [0.05, 0.1) is 25.3 Å². The Morgan fingerprint density at radius 2 is 2.10 bits per heavy atom. The minimum atomic E-state index is -0.157. The summed E-state index contributed by atoms with van der Waals surface area (Å²) in [5.74, 6) is 1.69. The summed E-state index contributed by atoms with van der Waals surface area (Å²) in [6.07, 6.45) is 1.82. The number of methoxy groups -OCH3 is 2. The molecule has 0 amide bonds. The van der Waals surface area contributed by atoms with E-state index in [1.807, 2.05) is 12.1 Å². The first-order chi connectivity index (χ1) is 10.1. The lowest BCUT2D eigenvalue weighted by Gasteiger charge is -2.11. The van der Waals surface area contributed by atoms with Crippen molar-refractivity contribution in [2.24, 2.45) is 5.73 Å². The topological polar surface area (TPSA) is 70.5 Å².